The lowest BCUT2D eigenvalue weighted by atomic mass is 9.85. The van der Waals surface area contributed by atoms with Crippen LogP contribution in [0.25, 0.3) is 22.2 Å². The number of hydrogen-bond donors (Lipinski definition) is 5. The Labute approximate surface area is 302 Å². The first kappa shape index (κ1) is 37.6. The van der Waals surface area contributed by atoms with E-state index in [0.717, 1.165) is 5.56 Å². The minimum atomic E-state index is -1.54. The Morgan fingerprint density at radius 1 is 1.08 bits per heavy atom. The number of hydrogen-bond acceptors (Lipinski definition) is 8. The van der Waals surface area contributed by atoms with Crippen LogP contribution < -0.4 is 31.2 Å². The van der Waals surface area contributed by atoms with Crippen LogP contribution in [0.5, 0.6) is 11.5 Å². The van der Waals surface area contributed by atoms with E-state index in [4.69, 9.17) is 20.2 Å². The minimum absolute atomic E-state index is 0.0183. The number of pyridine rings is 1. The number of carboxylic acid groups (broad SMARTS) is 1. The maximum Gasteiger partial charge on any atom is 0.330 e. The van der Waals surface area contributed by atoms with Crippen molar-refractivity contribution in [3.63, 3.8) is 0 Å². The molecular weight excluding hydrogens is 668 g/mol. The highest BCUT2D eigenvalue weighted by Gasteiger charge is 2.61. The fraction of sp³-hybridized carbons (Fsp3) is 0.421. The molecule has 2 heterocycles. The molecule has 5 amide bonds. The van der Waals surface area contributed by atoms with Gasteiger partial charge in [-0.15, -0.1) is 6.58 Å². The summed E-state index contributed by atoms with van der Waals surface area (Å²) < 4.78 is 12.1. The van der Waals surface area contributed by atoms with Gasteiger partial charge in [0.2, 0.25) is 17.7 Å². The average Bonchev–Trinajstić information content (AvgIpc) is 3.65. The molecule has 1 unspecified atom stereocenters. The second-order valence-corrected chi connectivity index (χ2v) is 14.9. The Hall–Kier alpha value is -5.66. The number of carbonyl (C=O) groups excluding carboxylic acids is 4. The van der Waals surface area contributed by atoms with E-state index >= 15 is 0 Å². The normalized spacial score (nSPS) is 21.8. The molecule has 52 heavy (non-hydrogen) atoms. The zero-order valence-corrected chi connectivity index (χ0v) is 30.2. The van der Waals surface area contributed by atoms with Gasteiger partial charge in [0, 0.05) is 35.4 Å². The Kier molecular flexibility index (Phi) is 10.2. The van der Waals surface area contributed by atoms with Crippen molar-refractivity contribution >= 4 is 40.6 Å². The molecule has 0 spiro atoms. The average molecular weight is 715 g/mol. The van der Waals surface area contributed by atoms with Crippen molar-refractivity contribution in [1.82, 2.24) is 25.8 Å². The third-order valence-corrected chi connectivity index (χ3v) is 9.65. The van der Waals surface area contributed by atoms with E-state index in [2.05, 4.69) is 22.5 Å². The summed E-state index contributed by atoms with van der Waals surface area (Å²) in [6, 6.07) is 13.6. The molecule has 5 atom stereocenters. The molecule has 14 nitrogen and oxygen atoms in total. The van der Waals surface area contributed by atoms with Crippen molar-refractivity contribution in [2.24, 2.45) is 17.1 Å². The van der Waals surface area contributed by atoms with Crippen molar-refractivity contribution in [3.8, 4) is 22.8 Å². The lowest BCUT2D eigenvalue weighted by Crippen LogP contribution is -2.63. The fourth-order valence-electron chi connectivity index (χ4n) is 6.36. The van der Waals surface area contributed by atoms with Gasteiger partial charge in [0.1, 0.15) is 40.8 Å². The predicted molar refractivity (Wildman–Crippen MR) is 193 cm³/mol. The number of carbonyl (C=O) groups is 5. The zero-order valence-electron chi connectivity index (χ0n) is 30.2. The summed E-state index contributed by atoms with van der Waals surface area (Å²) in [4.78, 5) is 72.0. The largest absolute Gasteiger partial charge is 0.497 e. The molecule has 14 heteroatoms. The van der Waals surface area contributed by atoms with Gasteiger partial charge in [-0.3, -0.25) is 14.4 Å². The molecule has 1 saturated heterocycles. The maximum atomic E-state index is 14.5. The Morgan fingerprint density at radius 2 is 1.77 bits per heavy atom. The van der Waals surface area contributed by atoms with Crippen LogP contribution in [0, 0.1) is 11.3 Å². The summed E-state index contributed by atoms with van der Waals surface area (Å²) in [5, 5.41) is 18.6. The van der Waals surface area contributed by atoms with Crippen LogP contribution in [-0.2, 0) is 19.2 Å². The topological polar surface area (TPSA) is 202 Å². The first-order valence-corrected chi connectivity index (χ1v) is 17.0. The number of rotatable bonds is 12. The third-order valence-electron chi connectivity index (χ3n) is 9.65. The Bertz CT molecular complexity index is 1910. The van der Waals surface area contributed by atoms with Crippen LogP contribution in [0.15, 0.2) is 67.3 Å². The second-order valence-electron chi connectivity index (χ2n) is 14.9. The highest BCUT2D eigenvalue weighted by Crippen LogP contribution is 2.45. The van der Waals surface area contributed by atoms with Crippen molar-refractivity contribution in [1.29, 1.82) is 0 Å². The van der Waals surface area contributed by atoms with Crippen molar-refractivity contribution in [2.45, 2.75) is 76.7 Å². The maximum absolute atomic E-state index is 14.5. The van der Waals surface area contributed by atoms with E-state index in [9.17, 15) is 29.1 Å². The first-order valence-electron chi connectivity index (χ1n) is 17.0. The smallest absolute Gasteiger partial charge is 0.330 e. The number of urea groups is 1. The summed E-state index contributed by atoms with van der Waals surface area (Å²) >= 11 is 0. The number of nitrogens with zero attached hydrogens (tertiary/aromatic N) is 2. The van der Waals surface area contributed by atoms with Crippen molar-refractivity contribution in [2.75, 3.05) is 13.7 Å². The number of primary amides is 1. The summed E-state index contributed by atoms with van der Waals surface area (Å²) in [6.07, 6.45) is 0.936. The SMILES string of the molecule is C=C[C@H]1CC1(NC(=O)[C@@H]1C[C@@H](Oc2cc(-c3ccccc3)nc3cc(OC)ccc23)CN1C(=O)[C@@H](NC(=O)NC(C)(C)C(N)=O)C(C)(C)C)C(=O)O. The van der Waals surface area contributed by atoms with Crippen LogP contribution in [0.4, 0.5) is 4.79 Å². The van der Waals surface area contributed by atoms with Gasteiger partial charge in [0.15, 0.2) is 0 Å². The number of benzene rings is 2. The summed E-state index contributed by atoms with van der Waals surface area (Å²) in [6.45, 7) is 11.7. The fourth-order valence-corrected chi connectivity index (χ4v) is 6.36. The molecule has 2 fully saturated rings. The van der Waals surface area contributed by atoms with Crippen LogP contribution in [-0.4, -0.2) is 87.6 Å². The molecule has 6 N–H and O–H groups in total. The van der Waals surface area contributed by atoms with Gasteiger partial charge < -0.3 is 41.2 Å². The van der Waals surface area contributed by atoms with Gasteiger partial charge >= 0.3 is 12.0 Å². The summed E-state index contributed by atoms with van der Waals surface area (Å²) in [5.74, 6) is -2.68. The predicted octanol–water partition coefficient (Wildman–Crippen LogP) is 3.38. The summed E-state index contributed by atoms with van der Waals surface area (Å²) in [5.41, 5.74) is 3.68. The third kappa shape index (κ3) is 7.65. The number of fused-ring (bicyclic) bond motifs is 1. The molecule has 1 aromatic heterocycles. The molecule has 1 saturated carbocycles. The molecule has 276 valence electrons. The van der Waals surface area contributed by atoms with E-state index in [1.165, 1.54) is 24.8 Å². The lowest BCUT2D eigenvalue weighted by Gasteiger charge is -2.36. The zero-order chi connectivity index (χ0) is 38.2. The monoisotopic (exact) mass is 714 g/mol. The number of ether oxygens (including phenoxy) is 2. The van der Waals surface area contributed by atoms with Gasteiger partial charge in [-0.1, -0.05) is 57.2 Å². The first-order chi connectivity index (χ1) is 24.4. The number of carboxylic acids is 1. The van der Waals surface area contributed by atoms with Gasteiger partial charge in [-0.05, 0) is 37.8 Å². The van der Waals surface area contributed by atoms with Crippen molar-refractivity contribution < 1.29 is 38.6 Å². The van der Waals surface area contributed by atoms with Crippen LogP contribution in [0.1, 0.15) is 47.5 Å². The Morgan fingerprint density at radius 3 is 2.35 bits per heavy atom. The van der Waals surface area contributed by atoms with E-state index in [1.807, 2.05) is 36.4 Å². The van der Waals surface area contributed by atoms with Crippen LogP contribution in [0.3, 0.4) is 0 Å². The molecule has 1 aliphatic carbocycles. The quantitative estimate of drug-likeness (QED) is 0.174. The van der Waals surface area contributed by atoms with Gasteiger partial charge in [-0.2, -0.15) is 0 Å². The lowest BCUT2D eigenvalue weighted by molar-refractivity contribution is -0.146. The number of amides is 5. The molecule has 2 aromatic carbocycles. The van der Waals surface area contributed by atoms with Gasteiger partial charge in [-0.25, -0.2) is 14.6 Å². The van der Waals surface area contributed by atoms with Gasteiger partial charge in [0.25, 0.3) is 0 Å². The summed E-state index contributed by atoms with van der Waals surface area (Å²) in [7, 11) is 1.56. The number of methoxy groups -OCH3 is 1. The van der Waals surface area contributed by atoms with Crippen LogP contribution in [0.2, 0.25) is 0 Å². The highest BCUT2D eigenvalue weighted by molar-refractivity contribution is 5.97. The molecule has 2 aliphatic rings. The number of nitrogens with one attached hydrogen (secondary N) is 3. The standard InChI is InChI=1S/C38H46N6O8/c1-8-22-19-38(22,34(48)49)42-31(45)28-17-24(20-44(28)32(46)30(36(2,3)4)41-35(50)43-37(5,6)33(39)47)52-29-18-26(21-12-10-9-11-13-21)40-27-16-23(51-7)14-15-25(27)29/h8-16,18,22,24,28,30H,1,17,19-20H2,2-7H3,(H2,39,47)(H,42,45)(H,48,49)(H2,41,43,50)/t22-,24+,28-,30+,38?/m0/s1. The van der Waals surface area contributed by atoms with Crippen LogP contribution >= 0.6 is 0 Å². The minimum Gasteiger partial charge on any atom is -0.497 e. The highest BCUT2D eigenvalue weighted by atomic mass is 16.5. The molecule has 5 rings (SSSR count). The molecule has 0 bridgehead atoms. The number of likely N-dealkylation sites (tertiary alicyclic amines) is 1. The Balaban J connectivity index is 1.50. The molecule has 0 radical (unpaired) electrons. The van der Waals surface area contributed by atoms with E-state index in [0.29, 0.717) is 28.1 Å². The molecule has 1 aliphatic heterocycles. The number of aromatic nitrogens is 1. The number of nitrogens with two attached hydrogens (primary N) is 1. The number of aliphatic carboxylic acids is 1. The van der Waals surface area contributed by atoms with Crippen molar-refractivity contribution in [3.05, 3.63) is 67.3 Å². The molecule has 3 aromatic rings. The van der Waals surface area contributed by atoms with Gasteiger partial charge in [0.05, 0.1) is 24.9 Å². The van der Waals surface area contributed by atoms with E-state index < -0.39 is 70.3 Å². The van der Waals surface area contributed by atoms with E-state index in [-0.39, 0.29) is 19.4 Å². The molecular formula is C38H46N6O8. The second kappa shape index (κ2) is 14.2. The van der Waals surface area contributed by atoms with E-state index in [1.54, 1.807) is 46.1 Å².